The number of alkyl halides is 3. The topological polar surface area (TPSA) is 86.1 Å². The summed E-state index contributed by atoms with van der Waals surface area (Å²) in [5.41, 5.74) is -0.298. The molecular weight excluding hydrogens is 365 g/mol. The van der Waals surface area contributed by atoms with Gasteiger partial charge < -0.3 is 14.3 Å². The Morgan fingerprint density at radius 1 is 1.30 bits per heavy atom. The van der Waals surface area contributed by atoms with Gasteiger partial charge in [-0.15, -0.1) is 0 Å². The van der Waals surface area contributed by atoms with Gasteiger partial charge in [0.05, 0.1) is 12.8 Å². The van der Waals surface area contributed by atoms with Crippen LogP contribution in [0.15, 0.2) is 39.5 Å². The molecule has 0 aromatic carbocycles. The van der Waals surface area contributed by atoms with E-state index in [2.05, 4.69) is 15.6 Å². The summed E-state index contributed by atoms with van der Waals surface area (Å²) in [4.78, 5) is 12.1. The maximum absolute atomic E-state index is 12.9. The van der Waals surface area contributed by atoms with Gasteiger partial charge >= 0.3 is 6.18 Å². The van der Waals surface area contributed by atoms with Gasteiger partial charge in [-0.05, 0) is 31.0 Å². The van der Waals surface area contributed by atoms with Crippen molar-refractivity contribution in [2.45, 2.75) is 31.5 Å². The van der Waals surface area contributed by atoms with Crippen LogP contribution in [0.3, 0.4) is 0 Å². The van der Waals surface area contributed by atoms with Crippen LogP contribution in [-0.2, 0) is 12.7 Å². The molecule has 0 aliphatic heterocycles. The predicted octanol–water partition coefficient (Wildman–Crippen LogP) is 3.46. The van der Waals surface area contributed by atoms with Crippen LogP contribution >= 0.6 is 0 Å². The molecular formula is C17H15F3N4O3. The van der Waals surface area contributed by atoms with Gasteiger partial charge in [-0.2, -0.15) is 18.3 Å². The van der Waals surface area contributed by atoms with E-state index in [1.165, 1.54) is 17.0 Å². The molecule has 0 saturated heterocycles. The molecule has 3 aromatic heterocycles. The first kappa shape index (κ1) is 17.4. The number of nitrogens with one attached hydrogen (secondary N) is 1. The van der Waals surface area contributed by atoms with E-state index in [-0.39, 0.29) is 24.7 Å². The van der Waals surface area contributed by atoms with Crippen molar-refractivity contribution < 1.29 is 26.9 Å². The highest BCUT2D eigenvalue weighted by atomic mass is 19.4. The van der Waals surface area contributed by atoms with Gasteiger partial charge in [0, 0.05) is 24.2 Å². The lowest BCUT2D eigenvalue weighted by Crippen LogP contribution is -2.28. The van der Waals surface area contributed by atoms with Crippen LogP contribution < -0.4 is 5.32 Å². The molecule has 1 aliphatic rings. The molecule has 4 rings (SSSR count). The standard InChI is InChI=1S/C17H15F3N4O3/c18-17(19,20)15-9-12(10-3-4-10)24(22-15)6-5-21-16(25)11-8-14(27-23-11)13-2-1-7-26-13/h1-2,7-10H,3-6H2,(H,21,25). The number of carbonyl (C=O) groups excluding carboxylic acids is 1. The van der Waals surface area contributed by atoms with Crippen molar-refractivity contribution in [1.29, 1.82) is 0 Å². The first-order chi connectivity index (χ1) is 12.9. The molecule has 0 bridgehead atoms. The molecule has 1 N–H and O–H groups in total. The average molecular weight is 380 g/mol. The van der Waals surface area contributed by atoms with Crippen molar-refractivity contribution in [3.63, 3.8) is 0 Å². The number of aromatic nitrogens is 3. The zero-order valence-corrected chi connectivity index (χ0v) is 14.0. The summed E-state index contributed by atoms with van der Waals surface area (Å²) < 4.78 is 50.2. The zero-order chi connectivity index (χ0) is 19.0. The van der Waals surface area contributed by atoms with E-state index < -0.39 is 17.8 Å². The summed E-state index contributed by atoms with van der Waals surface area (Å²) >= 11 is 0. The number of hydrogen-bond acceptors (Lipinski definition) is 5. The van der Waals surface area contributed by atoms with Crippen molar-refractivity contribution in [2.75, 3.05) is 6.54 Å². The second kappa shape index (κ2) is 6.60. The Hall–Kier alpha value is -3.04. The van der Waals surface area contributed by atoms with Crippen LogP contribution in [0.1, 0.15) is 40.6 Å². The lowest BCUT2D eigenvalue weighted by atomic mass is 10.2. The highest BCUT2D eigenvalue weighted by molar-refractivity contribution is 5.92. The molecule has 0 radical (unpaired) electrons. The molecule has 7 nitrogen and oxygen atoms in total. The summed E-state index contributed by atoms with van der Waals surface area (Å²) in [6, 6.07) is 5.86. The Morgan fingerprint density at radius 3 is 2.78 bits per heavy atom. The van der Waals surface area contributed by atoms with Crippen LogP contribution in [0.2, 0.25) is 0 Å². The van der Waals surface area contributed by atoms with Gasteiger partial charge in [-0.25, -0.2) is 0 Å². The van der Waals surface area contributed by atoms with Crippen molar-refractivity contribution in [1.82, 2.24) is 20.3 Å². The van der Waals surface area contributed by atoms with E-state index in [1.54, 1.807) is 12.1 Å². The van der Waals surface area contributed by atoms with Crippen LogP contribution in [0.5, 0.6) is 0 Å². The highest BCUT2D eigenvalue weighted by Gasteiger charge is 2.37. The van der Waals surface area contributed by atoms with Crippen LogP contribution in [0.25, 0.3) is 11.5 Å². The normalized spacial score (nSPS) is 14.5. The smallest absolute Gasteiger partial charge is 0.435 e. The average Bonchev–Trinajstić information content (AvgIpc) is 3.08. The van der Waals surface area contributed by atoms with Crippen LogP contribution in [-0.4, -0.2) is 27.4 Å². The minimum atomic E-state index is -4.49. The fraction of sp³-hybridized carbons (Fsp3) is 0.353. The van der Waals surface area contributed by atoms with Crippen LogP contribution in [0, 0.1) is 0 Å². The minimum absolute atomic E-state index is 0.0558. The maximum atomic E-state index is 12.9. The number of halogens is 3. The van der Waals surface area contributed by atoms with Gasteiger partial charge in [0.2, 0.25) is 5.76 Å². The van der Waals surface area contributed by atoms with Crippen molar-refractivity contribution in [2.24, 2.45) is 0 Å². The minimum Gasteiger partial charge on any atom is -0.461 e. The zero-order valence-electron chi connectivity index (χ0n) is 14.0. The van der Waals surface area contributed by atoms with E-state index in [9.17, 15) is 18.0 Å². The molecule has 10 heteroatoms. The summed E-state index contributed by atoms with van der Waals surface area (Å²) in [7, 11) is 0. The number of furan rings is 1. The van der Waals surface area contributed by atoms with Gasteiger partial charge in [-0.1, -0.05) is 5.16 Å². The molecule has 0 unspecified atom stereocenters. The Balaban J connectivity index is 1.38. The van der Waals surface area contributed by atoms with Crippen molar-refractivity contribution in [3.8, 4) is 11.5 Å². The van der Waals surface area contributed by atoms with Gasteiger partial charge in [0.25, 0.3) is 5.91 Å². The number of nitrogens with zero attached hydrogens (tertiary/aromatic N) is 3. The SMILES string of the molecule is O=C(NCCn1nc(C(F)(F)F)cc1C1CC1)c1cc(-c2ccco2)on1. The van der Waals surface area contributed by atoms with Crippen LogP contribution in [0.4, 0.5) is 13.2 Å². The third-order valence-electron chi connectivity index (χ3n) is 4.21. The summed E-state index contributed by atoms with van der Waals surface area (Å²) in [5.74, 6) is 0.360. The van der Waals surface area contributed by atoms with E-state index in [0.717, 1.165) is 18.9 Å². The van der Waals surface area contributed by atoms with Gasteiger partial charge in [0.1, 0.15) is 0 Å². The molecule has 3 aromatic rings. The fourth-order valence-corrected chi connectivity index (χ4v) is 2.74. The van der Waals surface area contributed by atoms with E-state index in [0.29, 0.717) is 17.2 Å². The molecule has 142 valence electrons. The Labute approximate surface area is 151 Å². The first-order valence-corrected chi connectivity index (χ1v) is 8.35. The number of carbonyl (C=O) groups is 1. The van der Waals surface area contributed by atoms with Gasteiger partial charge in [0.15, 0.2) is 17.1 Å². The van der Waals surface area contributed by atoms with Crippen molar-refractivity contribution in [3.05, 3.63) is 47.6 Å². The monoisotopic (exact) mass is 380 g/mol. The Kier molecular flexibility index (Phi) is 4.25. The second-order valence-electron chi connectivity index (χ2n) is 6.26. The molecule has 1 aliphatic carbocycles. The van der Waals surface area contributed by atoms with E-state index >= 15 is 0 Å². The summed E-state index contributed by atoms with van der Waals surface area (Å²) in [5, 5.41) is 9.92. The number of amides is 1. The third kappa shape index (κ3) is 3.74. The molecule has 3 heterocycles. The highest BCUT2D eigenvalue weighted by Crippen LogP contribution is 2.42. The third-order valence-corrected chi connectivity index (χ3v) is 4.21. The Morgan fingerprint density at radius 2 is 2.11 bits per heavy atom. The van der Waals surface area contributed by atoms with E-state index in [4.69, 9.17) is 8.94 Å². The number of rotatable bonds is 6. The number of hydrogen-bond donors (Lipinski definition) is 1. The summed E-state index contributed by atoms with van der Waals surface area (Å²) in [6.45, 7) is 0.247. The van der Waals surface area contributed by atoms with Crippen molar-refractivity contribution >= 4 is 5.91 Å². The molecule has 1 fully saturated rings. The quantitative estimate of drug-likeness (QED) is 0.708. The molecule has 1 amide bonds. The molecule has 0 atom stereocenters. The first-order valence-electron chi connectivity index (χ1n) is 8.35. The Bertz CT molecular complexity index is 939. The fourth-order valence-electron chi connectivity index (χ4n) is 2.74. The molecule has 0 spiro atoms. The second-order valence-corrected chi connectivity index (χ2v) is 6.26. The maximum Gasteiger partial charge on any atom is 0.435 e. The predicted molar refractivity (Wildman–Crippen MR) is 85.7 cm³/mol. The van der Waals surface area contributed by atoms with Gasteiger partial charge in [-0.3, -0.25) is 9.48 Å². The lowest BCUT2D eigenvalue weighted by molar-refractivity contribution is -0.141. The lowest BCUT2D eigenvalue weighted by Gasteiger charge is -2.07. The van der Waals surface area contributed by atoms with E-state index in [1.807, 2.05) is 0 Å². The summed E-state index contributed by atoms with van der Waals surface area (Å²) in [6.07, 6.45) is -1.32. The molecule has 27 heavy (non-hydrogen) atoms. The largest absolute Gasteiger partial charge is 0.461 e. The molecule has 1 saturated carbocycles.